The lowest BCUT2D eigenvalue weighted by Crippen LogP contribution is -2.35. The summed E-state index contributed by atoms with van der Waals surface area (Å²) in [4.78, 5) is 11.0. The van der Waals surface area contributed by atoms with Crippen molar-refractivity contribution in [1.82, 2.24) is 34.5 Å². The minimum atomic E-state index is -0.954. The Labute approximate surface area is 267 Å². The van der Waals surface area contributed by atoms with Gasteiger partial charge in [-0.15, -0.1) is 0 Å². The van der Waals surface area contributed by atoms with E-state index in [-0.39, 0.29) is 23.1 Å². The molecular weight excluding hydrogens is 593 g/mol. The normalized spacial score (nSPS) is 20.0. The minimum Gasteiger partial charge on any atom is -0.390 e. The molecule has 0 spiro atoms. The number of aromatic nitrogens is 5. The van der Waals surface area contributed by atoms with Crippen molar-refractivity contribution in [2.45, 2.75) is 44.1 Å². The van der Waals surface area contributed by atoms with Crippen LogP contribution in [0, 0.1) is 11.7 Å². The van der Waals surface area contributed by atoms with Crippen molar-refractivity contribution < 1.29 is 14.6 Å². The second-order valence-electron chi connectivity index (χ2n) is 12.0. The first-order chi connectivity index (χ1) is 21.9. The molecule has 3 heterocycles. The van der Waals surface area contributed by atoms with E-state index in [0.717, 1.165) is 60.2 Å². The molecule has 0 aliphatic heterocycles. The van der Waals surface area contributed by atoms with E-state index in [2.05, 4.69) is 32.3 Å². The summed E-state index contributed by atoms with van der Waals surface area (Å²) in [5.41, 5.74) is 4.50. The minimum absolute atomic E-state index is 0.107. The number of aliphatic hydroxyl groups excluding tert-OH is 2. The molecule has 236 valence electrons. The van der Waals surface area contributed by atoms with Gasteiger partial charge in [0.2, 0.25) is 5.28 Å². The van der Waals surface area contributed by atoms with Crippen LogP contribution >= 0.6 is 11.6 Å². The molecule has 0 amide bonds. The van der Waals surface area contributed by atoms with Crippen LogP contribution in [0.5, 0.6) is 0 Å². The first-order valence-corrected chi connectivity index (χ1v) is 15.8. The van der Waals surface area contributed by atoms with Crippen LogP contribution in [0.1, 0.15) is 30.0 Å². The number of halogens is 2. The summed E-state index contributed by atoms with van der Waals surface area (Å²) < 4.78 is 16.9. The van der Waals surface area contributed by atoms with Gasteiger partial charge in [-0.3, -0.25) is 4.68 Å². The van der Waals surface area contributed by atoms with E-state index in [4.69, 9.17) is 16.7 Å². The van der Waals surface area contributed by atoms with Gasteiger partial charge in [0.1, 0.15) is 17.6 Å². The number of aliphatic hydroxyl groups is 2. The molecule has 9 nitrogen and oxygen atoms in total. The molecule has 0 bridgehead atoms. The highest BCUT2D eigenvalue weighted by molar-refractivity contribution is 6.28. The van der Waals surface area contributed by atoms with Crippen LogP contribution in [0.15, 0.2) is 79.3 Å². The van der Waals surface area contributed by atoms with Gasteiger partial charge in [0, 0.05) is 42.0 Å². The number of hydrogen-bond acceptors (Lipinski definition) is 7. The van der Waals surface area contributed by atoms with E-state index < -0.39 is 12.2 Å². The Kier molecular flexibility index (Phi) is 9.87. The third kappa shape index (κ3) is 7.43. The number of nitrogens with zero attached hydrogens (tertiary/aromatic N) is 6. The van der Waals surface area contributed by atoms with Crippen molar-refractivity contribution in [3.8, 4) is 11.3 Å². The number of rotatable bonds is 13. The summed E-state index contributed by atoms with van der Waals surface area (Å²) >= 11 is 6.23. The fraction of sp³-hybridized carbons (Fsp3) is 0.382. The van der Waals surface area contributed by atoms with Crippen LogP contribution in [0.2, 0.25) is 5.28 Å². The van der Waals surface area contributed by atoms with E-state index in [1.165, 1.54) is 12.1 Å². The Morgan fingerprint density at radius 2 is 1.82 bits per heavy atom. The highest BCUT2D eigenvalue weighted by Crippen LogP contribution is 2.40. The van der Waals surface area contributed by atoms with Crippen molar-refractivity contribution in [2.75, 3.05) is 33.2 Å². The molecule has 2 aromatic carbocycles. The maximum Gasteiger partial charge on any atom is 0.224 e. The van der Waals surface area contributed by atoms with Crippen molar-refractivity contribution >= 4 is 22.6 Å². The second-order valence-corrected chi connectivity index (χ2v) is 12.3. The van der Waals surface area contributed by atoms with Gasteiger partial charge < -0.3 is 25.0 Å². The third-order valence-electron chi connectivity index (χ3n) is 8.72. The molecule has 0 saturated heterocycles. The van der Waals surface area contributed by atoms with Gasteiger partial charge in [-0.25, -0.2) is 9.37 Å². The summed E-state index contributed by atoms with van der Waals surface area (Å²) in [5, 5.41) is 31.5. The lowest BCUT2D eigenvalue weighted by Gasteiger charge is -2.23. The molecule has 45 heavy (non-hydrogen) atoms. The molecule has 1 fully saturated rings. The molecule has 6 rings (SSSR count). The molecule has 3 N–H and O–H groups in total. The highest BCUT2D eigenvalue weighted by atomic mass is 35.5. The van der Waals surface area contributed by atoms with Crippen molar-refractivity contribution in [3.63, 3.8) is 0 Å². The van der Waals surface area contributed by atoms with Gasteiger partial charge >= 0.3 is 0 Å². The van der Waals surface area contributed by atoms with Gasteiger partial charge in [-0.1, -0.05) is 42.5 Å². The number of benzene rings is 2. The molecule has 11 heteroatoms. The van der Waals surface area contributed by atoms with Crippen LogP contribution in [-0.4, -0.2) is 84.9 Å². The summed E-state index contributed by atoms with van der Waals surface area (Å²) in [6, 6.07) is 18.4. The maximum absolute atomic E-state index is 13.1. The zero-order valence-electron chi connectivity index (χ0n) is 25.3. The highest BCUT2D eigenvalue weighted by Gasteiger charge is 2.43. The van der Waals surface area contributed by atoms with Gasteiger partial charge in [0.15, 0.2) is 0 Å². The first kappa shape index (κ1) is 31.3. The molecule has 5 aromatic rings. The van der Waals surface area contributed by atoms with Crippen LogP contribution in [0.4, 0.5) is 4.39 Å². The van der Waals surface area contributed by atoms with E-state index in [0.29, 0.717) is 25.2 Å². The van der Waals surface area contributed by atoms with Gasteiger partial charge in [-0.05, 0) is 86.9 Å². The van der Waals surface area contributed by atoms with E-state index in [9.17, 15) is 14.6 Å². The van der Waals surface area contributed by atoms with Gasteiger partial charge in [-0.2, -0.15) is 10.1 Å². The quantitative estimate of drug-likeness (QED) is 0.129. The Morgan fingerprint density at radius 3 is 2.62 bits per heavy atom. The molecule has 0 unspecified atom stereocenters. The zero-order chi connectivity index (χ0) is 31.3. The predicted octanol–water partition coefficient (Wildman–Crippen LogP) is 4.57. The lowest BCUT2D eigenvalue weighted by molar-refractivity contribution is 0.00170. The average molecular weight is 632 g/mol. The molecule has 1 saturated carbocycles. The monoisotopic (exact) mass is 631 g/mol. The summed E-state index contributed by atoms with van der Waals surface area (Å²) in [7, 11) is 2.05. The second kappa shape index (κ2) is 14.2. The Bertz CT molecular complexity index is 1690. The van der Waals surface area contributed by atoms with Crippen molar-refractivity contribution in [2.24, 2.45) is 5.92 Å². The van der Waals surface area contributed by atoms with Gasteiger partial charge in [0.05, 0.1) is 24.4 Å². The van der Waals surface area contributed by atoms with Crippen LogP contribution < -0.4 is 5.32 Å². The van der Waals surface area contributed by atoms with E-state index in [1.54, 1.807) is 6.20 Å². The smallest absolute Gasteiger partial charge is 0.224 e. The summed E-state index contributed by atoms with van der Waals surface area (Å²) in [5.74, 6) is -0.321. The van der Waals surface area contributed by atoms with Crippen LogP contribution in [0.3, 0.4) is 0 Å². The van der Waals surface area contributed by atoms with Gasteiger partial charge in [0.25, 0.3) is 0 Å². The zero-order valence-corrected chi connectivity index (χ0v) is 26.1. The maximum atomic E-state index is 13.1. The molecule has 4 atom stereocenters. The fourth-order valence-electron chi connectivity index (χ4n) is 6.36. The molecular formula is C34H39ClFN7O2. The standard InChI is InChI=1S/C34H39ClFN7O2/c1-41(16-5-14-37-15-12-23-8-10-26(36)11-9-23)21-25-18-30(32(45)31(25)44)43-22-28(27-19-38-34(35)39-33(27)43)29-13-17-42(40-29)20-24-6-3-2-4-7-24/h2-4,6-11,13,17,19,22,25,30-32,37,44-45H,5,12,14-16,18,20-21H2,1H3/t25-,30-,31-,32+/m1/s1. The number of nitrogens with one attached hydrogen (secondary N) is 1. The fourth-order valence-corrected chi connectivity index (χ4v) is 6.49. The van der Waals surface area contributed by atoms with Crippen molar-refractivity contribution in [3.05, 3.63) is 101 Å². The summed E-state index contributed by atoms with van der Waals surface area (Å²) in [6.07, 6.45) is 6.18. The van der Waals surface area contributed by atoms with Crippen LogP contribution in [-0.2, 0) is 13.0 Å². The van der Waals surface area contributed by atoms with E-state index in [1.807, 2.05) is 65.1 Å². The Hall–Kier alpha value is -3.67. The molecule has 1 aliphatic rings. The average Bonchev–Trinajstić information content (AvgIpc) is 3.72. The third-order valence-corrected chi connectivity index (χ3v) is 8.90. The van der Waals surface area contributed by atoms with Crippen molar-refractivity contribution in [1.29, 1.82) is 0 Å². The largest absolute Gasteiger partial charge is 0.390 e. The molecule has 3 aromatic heterocycles. The predicted molar refractivity (Wildman–Crippen MR) is 174 cm³/mol. The Morgan fingerprint density at radius 1 is 1.02 bits per heavy atom. The molecule has 0 radical (unpaired) electrons. The first-order valence-electron chi connectivity index (χ1n) is 15.5. The molecule has 1 aliphatic carbocycles. The number of hydrogen-bond donors (Lipinski definition) is 3. The summed E-state index contributed by atoms with van der Waals surface area (Å²) in [6.45, 7) is 3.87. The SMILES string of the molecule is CN(CCCNCCc1ccc(F)cc1)C[C@H]1C[C@@H](n2cc(-c3ccn(Cc4ccccc4)n3)c3cnc(Cl)nc32)[C@H](O)[C@@H]1O. The number of fused-ring (bicyclic) bond motifs is 1. The van der Waals surface area contributed by atoms with Crippen LogP contribution in [0.25, 0.3) is 22.3 Å². The topological polar surface area (TPSA) is 104 Å². The van der Waals surface area contributed by atoms with E-state index >= 15 is 0 Å². The Balaban J connectivity index is 1.08. The lowest BCUT2D eigenvalue weighted by atomic mass is 10.1.